The van der Waals surface area contributed by atoms with Crippen molar-refractivity contribution in [2.24, 2.45) is 5.10 Å². The first-order chi connectivity index (χ1) is 14.4. The molecule has 0 aliphatic rings. The van der Waals surface area contributed by atoms with Crippen LogP contribution in [-0.4, -0.2) is 21.8 Å². The van der Waals surface area contributed by atoms with Crippen molar-refractivity contribution in [3.8, 4) is 11.4 Å². The van der Waals surface area contributed by atoms with E-state index in [0.29, 0.717) is 0 Å². The molecule has 30 heavy (non-hydrogen) atoms. The first-order valence-corrected chi connectivity index (χ1v) is 9.44. The van der Waals surface area contributed by atoms with E-state index in [2.05, 4.69) is 10.5 Å². The van der Waals surface area contributed by atoms with Crippen LogP contribution < -0.4 is 5.43 Å². The monoisotopic (exact) mass is 401 g/mol. The molecule has 0 unspecified atom stereocenters. The van der Waals surface area contributed by atoms with Crippen molar-refractivity contribution in [3.05, 3.63) is 95.1 Å². The lowest BCUT2D eigenvalue weighted by molar-refractivity contribution is 0.0952. The van der Waals surface area contributed by atoms with E-state index < -0.39 is 5.91 Å². The molecule has 2 N–H and O–H groups in total. The number of nitrogens with one attached hydrogen (secondary N) is 1. The smallest absolute Gasteiger partial charge is 0.275 e. The number of hydrogen-bond donors (Lipinski definition) is 2. The summed E-state index contributed by atoms with van der Waals surface area (Å²) in [6, 6.07) is 18.9. The van der Waals surface area contributed by atoms with E-state index in [1.165, 1.54) is 12.1 Å². The zero-order valence-corrected chi connectivity index (χ0v) is 16.6. The molecule has 0 atom stereocenters. The molecule has 0 radical (unpaired) electrons. The van der Waals surface area contributed by atoms with E-state index in [1.807, 2.05) is 48.7 Å². The van der Waals surface area contributed by atoms with Crippen LogP contribution in [0.25, 0.3) is 16.5 Å². The van der Waals surface area contributed by atoms with Crippen molar-refractivity contribution in [3.63, 3.8) is 0 Å². The molecule has 150 valence electrons. The van der Waals surface area contributed by atoms with Crippen molar-refractivity contribution >= 4 is 22.9 Å². The third kappa shape index (κ3) is 3.67. The van der Waals surface area contributed by atoms with Gasteiger partial charge in [-0.25, -0.2) is 9.82 Å². The van der Waals surface area contributed by atoms with Crippen molar-refractivity contribution in [1.82, 2.24) is 9.99 Å². The van der Waals surface area contributed by atoms with Gasteiger partial charge in [-0.1, -0.05) is 24.3 Å². The van der Waals surface area contributed by atoms with Crippen molar-refractivity contribution in [2.45, 2.75) is 13.8 Å². The van der Waals surface area contributed by atoms with Crippen molar-refractivity contribution < 1.29 is 14.3 Å². The fraction of sp³-hybridized carbons (Fsp3) is 0.0833. The summed E-state index contributed by atoms with van der Waals surface area (Å²) in [6.07, 6.45) is 1.55. The first-order valence-electron chi connectivity index (χ1n) is 9.44. The number of carbonyl (C=O) groups is 1. The van der Waals surface area contributed by atoms with Crippen LogP contribution in [0.3, 0.4) is 0 Å². The molecule has 0 aliphatic heterocycles. The summed E-state index contributed by atoms with van der Waals surface area (Å²) in [4.78, 5) is 12.5. The molecule has 0 aliphatic carbocycles. The van der Waals surface area contributed by atoms with Crippen LogP contribution in [-0.2, 0) is 0 Å². The quantitative estimate of drug-likeness (QED) is 0.379. The number of amides is 1. The van der Waals surface area contributed by atoms with E-state index in [9.17, 15) is 14.3 Å². The highest BCUT2D eigenvalue weighted by Gasteiger charge is 2.13. The summed E-state index contributed by atoms with van der Waals surface area (Å²) < 4.78 is 15.2. The van der Waals surface area contributed by atoms with Crippen LogP contribution in [0.15, 0.2) is 71.8 Å². The van der Waals surface area contributed by atoms with Gasteiger partial charge in [-0.05, 0) is 67.1 Å². The topological polar surface area (TPSA) is 66.6 Å². The van der Waals surface area contributed by atoms with E-state index in [0.717, 1.165) is 33.4 Å². The number of phenolic OH excluding ortho intramolecular Hbond substituents is 1. The third-order valence-corrected chi connectivity index (χ3v) is 5.03. The molecule has 6 heteroatoms. The van der Waals surface area contributed by atoms with Gasteiger partial charge in [-0.2, -0.15) is 5.10 Å². The molecule has 0 saturated carbocycles. The number of hydrogen-bond acceptors (Lipinski definition) is 3. The Morgan fingerprint density at radius 2 is 1.70 bits per heavy atom. The van der Waals surface area contributed by atoms with Crippen LogP contribution >= 0.6 is 0 Å². The van der Waals surface area contributed by atoms with Gasteiger partial charge in [0.15, 0.2) is 0 Å². The number of carbonyl (C=O) groups excluding carboxylic acids is 1. The Kier molecular flexibility index (Phi) is 5.06. The van der Waals surface area contributed by atoms with E-state index in [-0.39, 0.29) is 17.1 Å². The minimum absolute atomic E-state index is 0.101. The maximum Gasteiger partial charge on any atom is 0.275 e. The van der Waals surface area contributed by atoms with Crippen LogP contribution in [0.4, 0.5) is 4.39 Å². The Hall–Kier alpha value is -3.93. The molecular weight excluding hydrogens is 381 g/mol. The number of aromatic nitrogens is 1. The number of phenols is 1. The van der Waals surface area contributed by atoms with E-state index >= 15 is 0 Å². The molecular formula is C24H20FN3O2. The standard InChI is InChI=1S/C24H20FN3O2/c1-15-11-19(16(2)28(15)21-9-7-20(25)8-10-21)14-26-27-24(30)22-12-17-5-3-4-6-18(17)13-23(22)29/h3-14,29H,1-2H3,(H,27,30). The van der Waals surface area contributed by atoms with Gasteiger partial charge in [0.05, 0.1) is 11.8 Å². The number of hydrazone groups is 1. The molecule has 1 heterocycles. The van der Waals surface area contributed by atoms with Gasteiger partial charge in [0.1, 0.15) is 11.6 Å². The predicted molar refractivity (Wildman–Crippen MR) is 116 cm³/mol. The van der Waals surface area contributed by atoms with Crippen molar-refractivity contribution in [2.75, 3.05) is 0 Å². The second kappa shape index (κ2) is 7.83. The number of aromatic hydroxyl groups is 1. The highest BCUT2D eigenvalue weighted by Crippen LogP contribution is 2.25. The Morgan fingerprint density at radius 3 is 2.40 bits per heavy atom. The Bertz CT molecular complexity index is 1270. The lowest BCUT2D eigenvalue weighted by atomic mass is 10.1. The minimum atomic E-state index is -0.498. The largest absolute Gasteiger partial charge is 0.507 e. The fourth-order valence-electron chi connectivity index (χ4n) is 3.54. The number of benzene rings is 3. The summed E-state index contributed by atoms with van der Waals surface area (Å²) in [6.45, 7) is 3.87. The van der Waals surface area contributed by atoms with Crippen LogP contribution in [0, 0.1) is 19.7 Å². The minimum Gasteiger partial charge on any atom is -0.507 e. The maximum absolute atomic E-state index is 13.2. The lowest BCUT2D eigenvalue weighted by Crippen LogP contribution is -2.17. The molecule has 1 aromatic heterocycles. The van der Waals surface area contributed by atoms with Gasteiger partial charge in [-0.3, -0.25) is 4.79 Å². The number of fused-ring (bicyclic) bond motifs is 1. The highest BCUT2D eigenvalue weighted by molar-refractivity contribution is 6.01. The predicted octanol–water partition coefficient (Wildman–Crippen LogP) is 4.86. The molecule has 3 aromatic carbocycles. The number of nitrogens with zero attached hydrogens (tertiary/aromatic N) is 2. The third-order valence-electron chi connectivity index (χ3n) is 5.03. The van der Waals surface area contributed by atoms with Gasteiger partial charge in [0, 0.05) is 22.6 Å². The molecule has 5 nitrogen and oxygen atoms in total. The fourth-order valence-corrected chi connectivity index (χ4v) is 3.54. The molecule has 4 aromatic rings. The molecule has 0 spiro atoms. The van der Waals surface area contributed by atoms with Crippen LogP contribution in [0.5, 0.6) is 5.75 Å². The Morgan fingerprint density at radius 1 is 1.03 bits per heavy atom. The second-order valence-electron chi connectivity index (χ2n) is 7.05. The normalized spacial score (nSPS) is 11.3. The molecule has 0 fully saturated rings. The lowest BCUT2D eigenvalue weighted by Gasteiger charge is -2.09. The molecule has 0 saturated heterocycles. The number of halogens is 1. The summed E-state index contributed by atoms with van der Waals surface area (Å²) in [5.41, 5.74) is 6.15. The van der Waals surface area contributed by atoms with E-state index in [4.69, 9.17) is 0 Å². The van der Waals surface area contributed by atoms with Gasteiger partial charge in [-0.15, -0.1) is 0 Å². The summed E-state index contributed by atoms with van der Waals surface area (Å²) in [5.74, 6) is -0.889. The first kappa shape index (κ1) is 19.4. The van der Waals surface area contributed by atoms with Gasteiger partial charge >= 0.3 is 0 Å². The van der Waals surface area contributed by atoms with Crippen LogP contribution in [0.2, 0.25) is 0 Å². The number of rotatable bonds is 4. The molecule has 1 amide bonds. The Labute approximate surface area is 173 Å². The van der Waals surface area contributed by atoms with E-state index in [1.54, 1.807) is 30.5 Å². The number of aryl methyl sites for hydroxylation is 1. The van der Waals surface area contributed by atoms with Gasteiger partial charge in [0.25, 0.3) is 5.91 Å². The SMILES string of the molecule is Cc1cc(C=NNC(=O)c2cc3ccccc3cc2O)c(C)n1-c1ccc(F)cc1. The maximum atomic E-state index is 13.2. The van der Waals surface area contributed by atoms with Crippen LogP contribution in [0.1, 0.15) is 27.3 Å². The molecule has 0 bridgehead atoms. The summed E-state index contributed by atoms with van der Waals surface area (Å²) >= 11 is 0. The molecule has 4 rings (SSSR count). The highest BCUT2D eigenvalue weighted by atomic mass is 19.1. The average Bonchev–Trinajstić information content (AvgIpc) is 3.01. The average molecular weight is 401 g/mol. The zero-order chi connectivity index (χ0) is 21.3. The van der Waals surface area contributed by atoms with Gasteiger partial charge in [0.2, 0.25) is 0 Å². The van der Waals surface area contributed by atoms with Crippen molar-refractivity contribution in [1.29, 1.82) is 0 Å². The Balaban J connectivity index is 1.55. The van der Waals surface area contributed by atoms with Gasteiger partial charge < -0.3 is 9.67 Å². The second-order valence-corrected chi connectivity index (χ2v) is 7.05. The zero-order valence-electron chi connectivity index (χ0n) is 16.6. The summed E-state index contributed by atoms with van der Waals surface area (Å²) in [5, 5.41) is 15.9. The summed E-state index contributed by atoms with van der Waals surface area (Å²) in [7, 11) is 0.